The summed E-state index contributed by atoms with van der Waals surface area (Å²) in [5.74, 6) is 1.75. The van der Waals surface area contributed by atoms with Gasteiger partial charge < -0.3 is 24.2 Å². The van der Waals surface area contributed by atoms with Gasteiger partial charge in [-0.3, -0.25) is 0 Å². The third kappa shape index (κ3) is 6.27. The fourth-order valence-corrected chi connectivity index (χ4v) is 4.16. The van der Waals surface area contributed by atoms with Crippen LogP contribution in [0.5, 0.6) is 0 Å². The number of carbonyl (C=O) groups is 1. The second-order valence-corrected chi connectivity index (χ2v) is 8.25. The lowest BCUT2D eigenvalue weighted by atomic mass is 10.0. The van der Waals surface area contributed by atoms with Crippen molar-refractivity contribution in [3.8, 4) is 0 Å². The Kier molecular flexibility index (Phi) is 7.90. The van der Waals surface area contributed by atoms with Crippen LogP contribution in [0.25, 0.3) is 0 Å². The zero-order valence-electron chi connectivity index (χ0n) is 18.0. The predicted octanol–water partition coefficient (Wildman–Crippen LogP) is 3.14. The molecule has 0 spiro atoms. The van der Waals surface area contributed by atoms with Crippen molar-refractivity contribution in [2.75, 3.05) is 39.5 Å². The number of nitrogens with one attached hydrogen (secondary N) is 1. The molecular weight excluding hydrogens is 396 g/mol. The third-order valence-corrected chi connectivity index (χ3v) is 5.98. The van der Waals surface area contributed by atoms with Gasteiger partial charge >= 0.3 is 6.03 Å². The normalized spacial score (nSPS) is 19.6. The molecule has 2 saturated heterocycles. The summed E-state index contributed by atoms with van der Waals surface area (Å²) in [5, 5.41) is 7.12. The Bertz CT molecular complexity index is 807. The molecule has 1 atom stereocenters. The number of urea groups is 1. The molecule has 4 rings (SSSR count). The van der Waals surface area contributed by atoms with Gasteiger partial charge in [0.05, 0.1) is 6.61 Å². The van der Waals surface area contributed by atoms with Crippen molar-refractivity contribution >= 4 is 6.03 Å². The fraction of sp³-hybridized carbons (Fsp3) is 0.609. The van der Waals surface area contributed by atoms with E-state index in [9.17, 15) is 4.79 Å². The number of nitrogens with zero attached hydrogens (tertiary/aromatic N) is 3. The van der Waals surface area contributed by atoms with Gasteiger partial charge in [0.25, 0.3) is 0 Å². The van der Waals surface area contributed by atoms with Gasteiger partial charge in [0.1, 0.15) is 6.04 Å². The maximum atomic E-state index is 12.7. The zero-order valence-corrected chi connectivity index (χ0v) is 18.0. The summed E-state index contributed by atoms with van der Waals surface area (Å²) in [6, 6.07) is 9.93. The summed E-state index contributed by atoms with van der Waals surface area (Å²) in [7, 11) is 0. The van der Waals surface area contributed by atoms with E-state index in [0.717, 1.165) is 51.9 Å². The van der Waals surface area contributed by atoms with Gasteiger partial charge in [0, 0.05) is 39.3 Å². The molecule has 8 nitrogen and oxygen atoms in total. The van der Waals surface area contributed by atoms with Crippen molar-refractivity contribution < 1.29 is 18.8 Å². The summed E-state index contributed by atoms with van der Waals surface area (Å²) in [6.45, 7) is 4.30. The number of ether oxygens (including phenoxy) is 2. The van der Waals surface area contributed by atoms with Crippen LogP contribution < -0.4 is 5.32 Å². The minimum atomic E-state index is -0.152. The van der Waals surface area contributed by atoms with Gasteiger partial charge in [-0.1, -0.05) is 35.5 Å². The first-order chi connectivity index (χ1) is 15.3. The molecular formula is C23H32N4O4. The number of rotatable bonds is 9. The van der Waals surface area contributed by atoms with Crippen LogP contribution in [0.4, 0.5) is 4.79 Å². The summed E-state index contributed by atoms with van der Waals surface area (Å²) in [4.78, 5) is 19.0. The Balaban J connectivity index is 1.21. The van der Waals surface area contributed by atoms with Crippen LogP contribution in [0.2, 0.25) is 0 Å². The highest BCUT2D eigenvalue weighted by atomic mass is 16.5. The number of carbonyl (C=O) groups excluding carboxylic acids is 1. The lowest BCUT2D eigenvalue weighted by molar-refractivity contribution is 0.0211. The molecule has 2 aliphatic rings. The maximum Gasteiger partial charge on any atom is 0.318 e. The Morgan fingerprint density at radius 1 is 1.16 bits per heavy atom. The van der Waals surface area contributed by atoms with Crippen molar-refractivity contribution in [2.24, 2.45) is 5.92 Å². The molecule has 2 aliphatic heterocycles. The van der Waals surface area contributed by atoms with E-state index in [1.165, 1.54) is 5.56 Å². The van der Waals surface area contributed by atoms with E-state index in [0.29, 0.717) is 43.8 Å². The van der Waals surface area contributed by atoms with E-state index in [1.807, 2.05) is 23.1 Å². The molecule has 2 aromatic rings. The van der Waals surface area contributed by atoms with Gasteiger partial charge in [0.2, 0.25) is 5.89 Å². The Hall–Kier alpha value is -2.45. The quantitative estimate of drug-likeness (QED) is 0.617. The summed E-state index contributed by atoms with van der Waals surface area (Å²) < 4.78 is 16.7. The van der Waals surface area contributed by atoms with Gasteiger partial charge in [0.15, 0.2) is 5.82 Å². The van der Waals surface area contributed by atoms with Gasteiger partial charge in [-0.2, -0.15) is 4.98 Å². The average molecular weight is 429 g/mol. The SMILES string of the molecule is O=C(NCCc1ccccc1)N1CCCC1c1nc(CCOCC2CCOCC2)no1. The Labute approximate surface area is 183 Å². The monoisotopic (exact) mass is 428 g/mol. The highest BCUT2D eigenvalue weighted by molar-refractivity contribution is 5.74. The van der Waals surface area contributed by atoms with Crippen LogP contribution in [0.15, 0.2) is 34.9 Å². The van der Waals surface area contributed by atoms with Crippen molar-refractivity contribution in [1.29, 1.82) is 0 Å². The molecule has 1 aromatic heterocycles. The maximum absolute atomic E-state index is 12.7. The highest BCUT2D eigenvalue weighted by Crippen LogP contribution is 2.30. The minimum Gasteiger partial charge on any atom is -0.381 e. The first-order valence-corrected chi connectivity index (χ1v) is 11.4. The first-order valence-electron chi connectivity index (χ1n) is 11.4. The molecule has 0 aliphatic carbocycles. The predicted molar refractivity (Wildman–Crippen MR) is 115 cm³/mol. The van der Waals surface area contributed by atoms with Crippen molar-refractivity contribution in [2.45, 2.75) is 44.6 Å². The molecule has 0 saturated carbocycles. The number of hydrogen-bond donors (Lipinski definition) is 1. The van der Waals surface area contributed by atoms with Crippen LogP contribution in [0.1, 0.15) is 49.0 Å². The number of likely N-dealkylation sites (tertiary alicyclic amines) is 1. The lowest BCUT2D eigenvalue weighted by Gasteiger charge is -2.22. The number of aromatic nitrogens is 2. The molecule has 2 fully saturated rings. The Morgan fingerprint density at radius 3 is 2.84 bits per heavy atom. The fourth-order valence-electron chi connectivity index (χ4n) is 4.16. The van der Waals surface area contributed by atoms with E-state index in [1.54, 1.807) is 0 Å². The highest BCUT2D eigenvalue weighted by Gasteiger charge is 2.34. The van der Waals surface area contributed by atoms with E-state index in [-0.39, 0.29) is 12.1 Å². The van der Waals surface area contributed by atoms with Crippen LogP contribution in [0, 0.1) is 5.92 Å². The summed E-state index contributed by atoms with van der Waals surface area (Å²) in [6.07, 6.45) is 5.33. The molecule has 0 bridgehead atoms. The minimum absolute atomic E-state index is 0.0713. The molecule has 1 aromatic carbocycles. The zero-order chi connectivity index (χ0) is 21.3. The molecule has 31 heavy (non-hydrogen) atoms. The van der Waals surface area contributed by atoms with Crippen molar-refractivity contribution in [1.82, 2.24) is 20.4 Å². The van der Waals surface area contributed by atoms with Crippen LogP contribution in [-0.4, -0.2) is 60.6 Å². The number of benzene rings is 1. The van der Waals surface area contributed by atoms with Crippen LogP contribution in [-0.2, 0) is 22.3 Å². The topological polar surface area (TPSA) is 89.7 Å². The van der Waals surface area contributed by atoms with E-state index in [2.05, 4.69) is 27.6 Å². The van der Waals surface area contributed by atoms with Gasteiger partial charge in [-0.25, -0.2) is 4.79 Å². The summed E-state index contributed by atoms with van der Waals surface area (Å²) >= 11 is 0. The van der Waals surface area contributed by atoms with Crippen LogP contribution in [0.3, 0.4) is 0 Å². The van der Waals surface area contributed by atoms with Crippen molar-refractivity contribution in [3.05, 3.63) is 47.6 Å². The molecule has 168 valence electrons. The molecule has 1 unspecified atom stereocenters. The molecule has 3 heterocycles. The van der Waals surface area contributed by atoms with Crippen LogP contribution >= 0.6 is 0 Å². The Morgan fingerprint density at radius 2 is 2.00 bits per heavy atom. The second-order valence-electron chi connectivity index (χ2n) is 8.25. The number of amides is 2. The first kappa shape index (κ1) is 21.8. The molecule has 2 amide bonds. The third-order valence-electron chi connectivity index (χ3n) is 5.98. The van der Waals surface area contributed by atoms with E-state index >= 15 is 0 Å². The average Bonchev–Trinajstić information content (AvgIpc) is 3.48. The lowest BCUT2D eigenvalue weighted by Crippen LogP contribution is -2.40. The standard InChI is InChI=1S/C23H32N4O4/c28-23(24-12-8-18-5-2-1-3-6-18)27-13-4-7-20(27)22-25-21(26-31-22)11-16-30-17-19-9-14-29-15-10-19/h1-3,5-6,19-20H,4,7-17H2,(H,24,28). The second kappa shape index (κ2) is 11.2. The smallest absolute Gasteiger partial charge is 0.318 e. The molecule has 0 radical (unpaired) electrons. The largest absolute Gasteiger partial charge is 0.381 e. The summed E-state index contributed by atoms with van der Waals surface area (Å²) in [5.41, 5.74) is 1.21. The van der Waals surface area contributed by atoms with Gasteiger partial charge in [-0.05, 0) is 43.6 Å². The number of hydrogen-bond acceptors (Lipinski definition) is 6. The van der Waals surface area contributed by atoms with E-state index < -0.39 is 0 Å². The molecule has 8 heteroatoms. The molecule has 1 N–H and O–H groups in total. The van der Waals surface area contributed by atoms with Gasteiger partial charge in [-0.15, -0.1) is 0 Å². The van der Waals surface area contributed by atoms with Crippen molar-refractivity contribution in [3.63, 3.8) is 0 Å². The van der Waals surface area contributed by atoms with E-state index in [4.69, 9.17) is 14.0 Å².